The standard InChI is InChI=1S/C12H13Cl3N4/c1-19-12(10(15)6-17-19)11(18-16)5-7-2-3-8(13)9(14)4-7/h2-4,6,11,18H,5,16H2,1H3. The Hall–Kier alpha value is -0.780. The second kappa shape index (κ2) is 6.11. The summed E-state index contributed by atoms with van der Waals surface area (Å²) in [6.07, 6.45) is 2.22. The maximum absolute atomic E-state index is 6.12. The normalized spacial score (nSPS) is 12.7. The van der Waals surface area contributed by atoms with Crippen LogP contribution in [0.15, 0.2) is 24.4 Å². The van der Waals surface area contributed by atoms with Gasteiger partial charge in [0.15, 0.2) is 0 Å². The highest BCUT2D eigenvalue weighted by molar-refractivity contribution is 6.42. The summed E-state index contributed by atoms with van der Waals surface area (Å²) in [4.78, 5) is 0. The number of rotatable bonds is 4. The van der Waals surface area contributed by atoms with Crippen LogP contribution in [0, 0.1) is 0 Å². The zero-order valence-electron chi connectivity index (χ0n) is 10.2. The van der Waals surface area contributed by atoms with Crippen molar-refractivity contribution >= 4 is 34.8 Å². The number of benzene rings is 1. The number of aromatic nitrogens is 2. The minimum absolute atomic E-state index is 0.155. The van der Waals surface area contributed by atoms with Crippen LogP contribution >= 0.6 is 34.8 Å². The van der Waals surface area contributed by atoms with Crippen molar-refractivity contribution in [2.45, 2.75) is 12.5 Å². The van der Waals surface area contributed by atoms with Gasteiger partial charge < -0.3 is 0 Å². The maximum Gasteiger partial charge on any atom is 0.0834 e. The van der Waals surface area contributed by atoms with E-state index >= 15 is 0 Å². The van der Waals surface area contributed by atoms with Gasteiger partial charge in [-0.15, -0.1) is 0 Å². The molecule has 0 aliphatic carbocycles. The van der Waals surface area contributed by atoms with E-state index in [1.54, 1.807) is 16.9 Å². The van der Waals surface area contributed by atoms with Crippen molar-refractivity contribution in [1.82, 2.24) is 15.2 Å². The molecule has 0 bridgehead atoms. The number of halogens is 3. The lowest BCUT2D eigenvalue weighted by molar-refractivity contribution is 0.508. The molecule has 0 saturated carbocycles. The van der Waals surface area contributed by atoms with E-state index in [1.807, 2.05) is 19.2 Å². The van der Waals surface area contributed by atoms with E-state index in [2.05, 4.69) is 10.5 Å². The molecule has 0 aliphatic heterocycles. The predicted octanol–water partition coefficient (Wildman–Crippen LogP) is 3.13. The van der Waals surface area contributed by atoms with Gasteiger partial charge in [-0.2, -0.15) is 5.10 Å². The first-order chi connectivity index (χ1) is 9.02. The molecule has 1 unspecified atom stereocenters. The molecule has 4 nitrogen and oxygen atoms in total. The fourth-order valence-electron chi connectivity index (χ4n) is 1.95. The van der Waals surface area contributed by atoms with Crippen molar-refractivity contribution in [2.24, 2.45) is 12.9 Å². The molecule has 0 saturated heterocycles. The molecule has 1 aromatic carbocycles. The van der Waals surface area contributed by atoms with Crippen molar-refractivity contribution in [3.05, 3.63) is 50.7 Å². The van der Waals surface area contributed by atoms with Gasteiger partial charge in [-0.05, 0) is 24.1 Å². The van der Waals surface area contributed by atoms with Crippen LogP contribution in [0.4, 0.5) is 0 Å². The molecule has 1 aromatic heterocycles. The number of hydrogen-bond donors (Lipinski definition) is 2. The summed E-state index contributed by atoms with van der Waals surface area (Å²) in [5.74, 6) is 5.61. The van der Waals surface area contributed by atoms with Crippen LogP contribution in [0.1, 0.15) is 17.3 Å². The van der Waals surface area contributed by atoms with Gasteiger partial charge in [0, 0.05) is 7.05 Å². The molecule has 0 amide bonds. The first-order valence-corrected chi connectivity index (χ1v) is 6.73. The van der Waals surface area contributed by atoms with Crippen LogP contribution in [-0.4, -0.2) is 9.78 Å². The molecule has 0 radical (unpaired) electrons. The lowest BCUT2D eigenvalue weighted by atomic mass is 10.0. The number of nitrogens with two attached hydrogens (primary N) is 1. The van der Waals surface area contributed by atoms with Crippen molar-refractivity contribution in [1.29, 1.82) is 0 Å². The first-order valence-electron chi connectivity index (χ1n) is 5.60. The Balaban J connectivity index is 2.26. The SMILES string of the molecule is Cn1ncc(Cl)c1C(Cc1ccc(Cl)c(Cl)c1)NN. The Morgan fingerprint density at radius 2 is 2.00 bits per heavy atom. The van der Waals surface area contributed by atoms with E-state index in [1.165, 1.54) is 0 Å². The number of nitrogens with zero attached hydrogens (tertiary/aromatic N) is 2. The lowest BCUT2D eigenvalue weighted by Gasteiger charge is -2.17. The molecule has 1 atom stereocenters. The van der Waals surface area contributed by atoms with Crippen molar-refractivity contribution in [2.75, 3.05) is 0 Å². The first kappa shape index (κ1) is 14.6. The quantitative estimate of drug-likeness (QED) is 0.672. The topological polar surface area (TPSA) is 55.9 Å². The van der Waals surface area contributed by atoms with Gasteiger partial charge in [0.25, 0.3) is 0 Å². The Labute approximate surface area is 126 Å². The number of hydrogen-bond acceptors (Lipinski definition) is 3. The minimum Gasteiger partial charge on any atom is -0.271 e. The lowest BCUT2D eigenvalue weighted by Crippen LogP contribution is -2.31. The van der Waals surface area contributed by atoms with Crippen LogP contribution in [0.2, 0.25) is 15.1 Å². The van der Waals surface area contributed by atoms with Crippen molar-refractivity contribution < 1.29 is 0 Å². The summed E-state index contributed by atoms with van der Waals surface area (Å²) >= 11 is 18.0. The van der Waals surface area contributed by atoms with E-state index in [0.717, 1.165) is 11.3 Å². The second-order valence-electron chi connectivity index (χ2n) is 4.17. The van der Waals surface area contributed by atoms with Crippen LogP contribution in [0.3, 0.4) is 0 Å². The van der Waals surface area contributed by atoms with E-state index in [-0.39, 0.29) is 6.04 Å². The van der Waals surface area contributed by atoms with Gasteiger partial charge >= 0.3 is 0 Å². The van der Waals surface area contributed by atoms with Gasteiger partial charge in [0.05, 0.1) is 33.0 Å². The van der Waals surface area contributed by atoms with Gasteiger partial charge in [0.2, 0.25) is 0 Å². The van der Waals surface area contributed by atoms with Crippen LogP contribution in [0.5, 0.6) is 0 Å². The van der Waals surface area contributed by atoms with E-state index < -0.39 is 0 Å². The molecule has 3 N–H and O–H groups in total. The zero-order valence-corrected chi connectivity index (χ0v) is 12.5. The van der Waals surface area contributed by atoms with Crippen molar-refractivity contribution in [3.63, 3.8) is 0 Å². The third kappa shape index (κ3) is 3.22. The Morgan fingerprint density at radius 3 is 2.53 bits per heavy atom. The smallest absolute Gasteiger partial charge is 0.0834 e. The van der Waals surface area contributed by atoms with Gasteiger partial charge in [-0.3, -0.25) is 16.0 Å². The fourth-order valence-corrected chi connectivity index (χ4v) is 2.57. The summed E-state index contributed by atoms with van der Waals surface area (Å²) in [6, 6.07) is 5.33. The summed E-state index contributed by atoms with van der Waals surface area (Å²) in [7, 11) is 1.82. The molecule has 0 spiro atoms. The summed E-state index contributed by atoms with van der Waals surface area (Å²) in [6.45, 7) is 0. The van der Waals surface area contributed by atoms with E-state index in [4.69, 9.17) is 40.6 Å². The highest BCUT2D eigenvalue weighted by Gasteiger charge is 2.18. The van der Waals surface area contributed by atoms with Gasteiger partial charge in [-0.1, -0.05) is 40.9 Å². The summed E-state index contributed by atoms with van der Waals surface area (Å²) < 4.78 is 1.70. The number of nitrogens with one attached hydrogen (secondary N) is 1. The third-order valence-electron chi connectivity index (χ3n) is 2.89. The highest BCUT2D eigenvalue weighted by atomic mass is 35.5. The molecule has 1 heterocycles. The van der Waals surface area contributed by atoms with E-state index in [9.17, 15) is 0 Å². The Morgan fingerprint density at radius 1 is 1.26 bits per heavy atom. The molecule has 102 valence electrons. The molecule has 2 rings (SSSR count). The van der Waals surface area contributed by atoms with Crippen LogP contribution in [0.25, 0.3) is 0 Å². The molecular weight excluding hydrogens is 307 g/mol. The highest BCUT2D eigenvalue weighted by Crippen LogP contribution is 2.27. The second-order valence-corrected chi connectivity index (χ2v) is 5.39. The van der Waals surface area contributed by atoms with Crippen molar-refractivity contribution in [3.8, 4) is 0 Å². The monoisotopic (exact) mass is 318 g/mol. The molecular formula is C12H13Cl3N4. The average molecular weight is 320 g/mol. The third-order valence-corrected chi connectivity index (χ3v) is 3.92. The molecule has 0 fully saturated rings. The maximum atomic E-state index is 6.12. The Kier molecular flexibility index (Phi) is 4.71. The zero-order chi connectivity index (χ0) is 14.0. The van der Waals surface area contributed by atoms with Gasteiger partial charge in [-0.25, -0.2) is 0 Å². The average Bonchev–Trinajstić information content (AvgIpc) is 2.71. The predicted molar refractivity (Wildman–Crippen MR) is 78.4 cm³/mol. The Bertz CT molecular complexity index is 563. The molecule has 0 aliphatic rings. The minimum atomic E-state index is -0.155. The summed E-state index contributed by atoms with van der Waals surface area (Å²) in [5, 5.41) is 5.72. The number of hydrazine groups is 1. The largest absolute Gasteiger partial charge is 0.271 e. The van der Waals surface area contributed by atoms with Gasteiger partial charge in [0.1, 0.15) is 0 Å². The summed E-state index contributed by atoms with van der Waals surface area (Å²) in [5.41, 5.74) is 4.59. The molecule has 19 heavy (non-hydrogen) atoms. The molecule has 2 aromatic rings. The molecule has 7 heteroatoms. The number of aryl methyl sites for hydroxylation is 1. The van der Waals surface area contributed by atoms with Crippen LogP contribution < -0.4 is 11.3 Å². The van der Waals surface area contributed by atoms with Crippen LogP contribution in [-0.2, 0) is 13.5 Å². The fraction of sp³-hybridized carbons (Fsp3) is 0.250. The van der Waals surface area contributed by atoms with E-state index in [0.29, 0.717) is 21.5 Å².